The van der Waals surface area contributed by atoms with Gasteiger partial charge in [0, 0.05) is 24.0 Å². The molecule has 0 unspecified atom stereocenters. The van der Waals surface area contributed by atoms with Gasteiger partial charge in [-0.1, -0.05) is 18.2 Å². The zero-order valence-corrected chi connectivity index (χ0v) is 16.4. The first-order valence-corrected chi connectivity index (χ1v) is 9.63. The number of amides is 2. The fraction of sp³-hybridized carbons (Fsp3) is 0.350. The number of ether oxygens (including phenoxy) is 1. The number of aryl methyl sites for hydroxylation is 2. The van der Waals surface area contributed by atoms with Crippen molar-refractivity contribution in [1.29, 1.82) is 0 Å². The summed E-state index contributed by atoms with van der Waals surface area (Å²) >= 11 is 1.32. The number of nitrogens with one attached hydrogen (secondary N) is 1. The fourth-order valence-electron chi connectivity index (χ4n) is 3.19. The molecule has 1 N–H and O–H groups in total. The van der Waals surface area contributed by atoms with Crippen LogP contribution in [-0.4, -0.2) is 30.9 Å². The SMILES string of the molecule is CC(=O)Nc1sc(C)c(C)c1C(=O)OCC(=O)N1CCCc2ccccc21. The van der Waals surface area contributed by atoms with Gasteiger partial charge in [0.1, 0.15) is 5.00 Å². The summed E-state index contributed by atoms with van der Waals surface area (Å²) in [4.78, 5) is 39.2. The molecule has 2 amide bonds. The Morgan fingerprint density at radius 3 is 2.70 bits per heavy atom. The van der Waals surface area contributed by atoms with Gasteiger partial charge in [-0.05, 0) is 43.9 Å². The number of carbonyl (C=O) groups excluding carboxylic acids is 3. The Bertz CT molecular complexity index is 903. The minimum atomic E-state index is -0.598. The Hall–Kier alpha value is -2.67. The molecule has 0 radical (unpaired) electrons. The lowest BCUT2D eigenvalue weighted by Gasteiger charge is -2.29. The topological polar surface area (TPSA) is 75.7 Å². The van der Waals surface area contributed by atoms with Crippen LogP contribution in [0.4, 0.5) is 10.7 Å². The Balaban J connectivity index is 1.72. The molecule has 27 heavy (non-hydrogen) atoms. The number of anilines is 2. The van der Waals surface area contributed by atoms with Gasteiger partial charge in [0.15, 0.2) is 6.61 Å². The predicted octanol–water partition coefficient (Wildman–Crippen LogP) is 3.46. The molecule has 1 aliphatic heterocycles. The van der Waals surface area contributed by atoms with Crippen molar-refractivity contribution in [1.82, 2.24) is 0 Å². The fourth-order valence-corrected chi connectivity index (χ4v) is 4.29. The smallest absolute Gasteiger partial charge is 0.341 e. The van der Waals surface area contributed by atoms with Gasteiger partial charge in [-0.2, -0.15) is 0 Å². The second kappa shape index (κ2) is 7.92. The van der Waals surface area contributed by atoms with Crippen LogP contribution in [-0.2, 0) is 20.7 Å². The number of esters is 1. The first-order valence-electron chi connectivity index (χ1n) is 8.81. The number of benzene rings is 1. The van der Waals surface area contributed by atoms with Gasteiger partial charge in [-0.25, -0.2) is 4.79 Å². The number of hydrogen-bond donors (Lipinski definition) is 1. The minimum Gasteiger partial charge on any atom is -0.452 e. The molecule has 6 nitrogen and oxygen atoms in total. The standard InChI is InChI=1S/C20H22N2O4S/c1-12-13(2)27-19(21-14(3)23)18(12)20(25)26-11-17(24)22-10-6-8-15-7-4-5-9-16(15)22/h4-5,7,9H,6,8,10-11H2,1-3H3,(H,21,23). The third-order valence-corrected chi connectivity index (χ3v) is 5.74. The largest absolute Gasteiger partial charge is 0.452 e. The minimum absolute atomic E-state index is 0.249. The second-order valence-electron chi connectivity index (χ2n) is 6.52. The number of fused-ring (bicyclic) bond motifs is 1. The Morgan fingerprint density at radius 2 is 1.96 bits per heavy atom. The van der Waals surface area contributed by atoms with Crippen molar-refractivity contribution in [3.05, 3.63) is 45.8 Å². The Morgan fingerprint density at radius 1 is 1.22 bits per heavy atom. The molecule has 0 fully saturated rings. The Kier molecular flexibility index (Phi) is 5.60. The van der Waals surface area contributed by atoms with Gasteiger partial charge in [-0.15, -0.1) is 11.3 Å². The van der Waals surface area contributed by atoms with E-state index < -0.39 is 5.97 Å². The summed E-state index contributed by atoms with van der Waals surface area (Å²) in [5, 5.41) is 3.12. The van der Waals surface area contributed by atoms with Gasteiger partial charge in [0.2, 0.25) is 5.91 Å². The van der Waals surface area contributed by atoms with Crippen molar-refractivity contribution >= 4 is 39.8 Å². The van der Waals surface area contributed by atoms with Crippen LogP contribution >= 0.6 is 11.3 Å². The molecular formula is C20H22N2O4S. The van der Waals surface area contributed by atoms with E-state index in [-0.39, 0.29) is 18.4 Å². The molecule has 142 valence electrons. The van der Waals surface area contributed by atoms with Crippen LogP contribution < -0.4 is 10.2 Å². The highest BCUT2D eigenvalue weighted by Gasteiger charge is 2.26. The van der Waals surface area contributed by atoms with Crippen LogP contribution in [0.1, 0.15) is 39.7 Å². The molecule has 0 spiro atoms. The maximum atomic E-state index is 12.6. The van der Waals surface area contributed by atoms with E-state index in [2.05, 4.69) is 5.32 Å². The van der Waals surface area contributed by atoms with Gasteiger partial charge >= 0.3 is 5.97 Å². The molecule has 2 heterocycles. The van der Waals surface area contributed by atoms with Crippen LogP contribution in [0.25, 0.3) is 0 Å². The van der Waals surface area contributed by atoms with E-state index >= 15 is 0 Å². The lowest BCUT2D eigenvalue weighted by atomic mass is 10.0. The molecule has 0 atom stereocenters. The lowest BCUT2D eigenvalue weighted by Crippen LogP contribution is -2.38. The van der Waals surface area contributed by atoms with Crippen molar-refractivity contribution < 1.29 is 19.1 Å². The third kappa shape index (κ3) is 4.03. The van der Waals surface area contributed by atoms with Crippen LogP contribution in [0, 0.1) is 13.8 Å². The molecule has 0 bridgehead atoms. The quantitative estimate of drug-likeness (QED) is 0.817. The monoisotopic (exact) mass is 386 g/mol. The van der Waals surface area contributed by atoms with Crippen molar-refractivity contribution in [2.45, 2.75) is 33.6 Å². The molecule has 7 heteroatoms. The molecule has 1 aromatic heterocycles. The maximum Gasteiger partial charge on any atom is 0.341 e. The van der Waals surface area contributed by atoms with Crippen molar-refractivity contribution in [2.24, 2.45) is 0 Å². The molecule has 0 aliphatic carbocycles. The van der Waals surface area contributed by atoms with E-state index in [0.29, 0.717) is 17.1 Å². The second-order valence-corrected chi connectivity index (χ2v) is 7.75. The molecule has 0 saturated heterocycles. The summed E-state index contributed by atoms with van der Waals surface area (Å²) in [6.07, 6.45) is 1.82. The summed E-state index contributed by atoms with van der Waals surface area (Å²) in [7, 11) is 0. The number of hydrogen-bond acceptors (Lipinski definition) is 5. The summed E-state index contributed by atoms with van der Waals surface area (Å²) in [5.41, 5.74) is 3.08. The van der Waals surface area contributed by atoms with Crippen molar-refractivity contribution in [3.8, 4) is 0 Å². The molecule has 3 rings (SSSR count). The van der Waals surface area contributed by atoms with E-state index in [4.69, 9.17) is 4.74 Å². The normalized spacial score (nSPS) is 13.1. The molecular weight excluding hydrogens is 364 g/mol. The van der Waals surface area contributed by atoms with Crippen LogP contribution in [0.2, 0.25) is 0 Å². The highest BCUT2D eigenvalue weighted by atomic mass is 32.1. The lowest BCUT2D eigenvalue weighted by molar-refractivity contribution is -0.121. The first-order chi connectivity index (χ1) is 12.9. The maximum absolute atomic E-state index is 12.6. The summed E-state index contributed by atoms with van der Waals surface area (Å²) in [6, 6.07) is 7.78. The van der Waals surface area contributed by atoms with Crippen LogP contribution in [0.3, 0.4) is 0 Å². The van der Waals surface area contributed by atoms with Gasteiger partial charge < -0.3 is 15.0 Å². The van der Waals surface area contributed by atoms with E-state index in [1.54, 1.807) is 11.8 Å². The van der Waals surface area contributed by atoms with Crippen LogP contribution in [0.15, 0.2) is 24.3 Å². The molecule has 2 aromatic rings. The van der Waals surface area contributed by atoms with E-state index in [1.807, 2.05) is 31.2 Å². The van der Waals surface area contributed by atoms with Crippen molar-refractivity contribution in [3.63, 3.8) is 0 Å². The first kappa shape index (κ1) is 19.1. The highest BCUT2D eigenvalue weighted by molar-refractivity contribution is 7.16. The number of thiophene rings is 1. The van der Waals surface area contributed by atoms with Gasteiger partial charge in [0.25, 0.3) is 5.91 Å². The number of para-hydroxylation sites is 1. The summed E-state index contributed by atoms with van der Waals surface area (Å²) in [6.45, 7) is 5.34. The zero-order chi connectivity index (χ0) is 19.6. The van der Waals surface area contributed by atoms with E-state index in [9.17, 15) is 14.4 Å². The van der Waals surface area contributed by atoms with Gasteiger partial charge in [0.05, 0.1) is 5.56 Å². The molecule has 1 aromatic carbocycles. The van der Waals surface area contributed by atoms with E-state index in [1.165, 1.54) is 18.3 Å². The third-order valence-electron chi connectivity index (χ3n) is 4.62. The highest BCUT2D eigenvalue weighted by Crippen LogP contribution is 2.33. The van der Waals surface area contributed by atoms with E-state index in [0.717, 1.165) is 34.5 Å². The number of rotatable bonds is 4. The predicted molar refractivity (Wildman–Crippen MR) is 105 cm³/mol. The summed E-state index contributed by atoms with van der Waals surface area (Å²) < 4.78 is 5.30. The van der Waals surface area contributed by atoms with Crippen molar-refractivity contribution in [2.75, 3.05) is 23.4 Å². The number of nitrogens with zero attached hydrogens (tertiary/aromatic N) is 1. The summed E-state index contributed by atoms with van der Waals surface area (Å²) in [5.74, 6) is -1.10. The van der Waals surface area contributed by atoms with Gasteiger partial charge in [-0.3, -0.25) is 9.59 Å². The Labute approximate surface area is 162 Å². The molecule has 0 saturated carbocycles. The number of carbonyl (C=O) groups is 3. The average Bonchev–Trinajstić information content (AvgIpc) is 2.91. The zero-order valence-electron chi connectivity index (χ0n) is 15.6. The molecule has 1 aliphatic rings. The average molecular weight is 386 g/mol. The van der Waals surface area contributed by atoms with Crippen LogP contribution in [0.5, 0.6) is 0 Å².